The minimum absolute atomic E-state index is 0.239. The first-order valence-electron chi connectivity index (χ1n) is 6.96. The number of rotatable bonds is 9. The van der Waals surface area contributed by atoms with Gasteiger partial charge in [-0.15, -0.1) is 0 Å². The van der Waals surface area contributed by atoms with Gasteiger partial charge in [0.25, 0.3) is 0 Å². The highest BCUT2D eigenvalue weighted by molar-refractivity contribution is 7.08. The molecule has 0 saturated heterocycles. The van der Waals surface area contributed by atoms with Crippen molar-refractivity contribution in [1.29, 1.82) is 0 Å². The molecule has 2 heteroatoms. The van der Waals surface area contributed by atoms with E-state index in [-0.39, 0.29) is 6.10 Å². The van der Waals surface area contributed by atoms with Crippen LogP contribution in [0.2, 0.25) is 0 Å². The van der Waals surface area contributed by atoms with Crippen molar-refractivity contribution in [2.45, 2.75) is 71.3 Å². The van der Waals surface area contributed by atoms with E-state index in [0.717, 1.165) is 18.4 Å². The van der Waals surface area contributed by atoms with E-state index in [2.05, 4.69) is 24.6 Å². The number of aryl methyl sites for hydroxylation is 1. The topological polar surface area (TPSA) is 20.2 Å². The SMILES string of the molecule is CCCCCCCCCC(O)c1cscc1C. The van der Waals surface area contributed by atoms with Crippen LogP contribution in [0, 0.1) is 6.92 Å². The van der Waals surface area contributed by atoms with Gasteiger partial charge in [-0.1, -0.05) is 51.9 Å². The van der Waals surface area contributed by atoms with E-state index < -0.39 is 0 Å². The van der Waals surface area contributed by atoms with Gasteiger partial charge in [-0.05, 0) is 35.2 Å². The molecule has 0 spiro atoms. The van der Waals surface area contributed by atoms with E-state index in [9.17, 15) is 5.11 Å². The number of hydrogen-bond donors (Lipinski definition) is 1. The zero-order valence-electron chi connectivity index (χ0n) is 11.2. The normalized spacial score (nSPS) is 12.9. The summed E-state index contributed by atoms with van der Waals surface area (Å²) in [4.78, 5) is 0. The van der Waals surface area contributed by atoms with Gasteiger partial charge in [-0.3, -0.25) is 0 Å². The Kier molecular flexibility index (Phi) is 7.54. The van der Waals surface area contributed by atoms with Gasteiger partial charge in [0, 0.05) is 0 Å². The van der Waals surface area contributed by atoms with Gasteiger partial charge in [0.2, 0.25) is 0 Å². The summed E-state index contributed by atoms with van der Waals surface area (Å²) in [5.41, 5.74) is 2.38. The molecule has 0 aliphatic heterocycles. The third-order valence-corrected chi connectivity index (χ3v) is 4.21. The molecule has 0 amide bonds. The van der Waals surface area contributed by atoms with Crippen LogP contribution in [0.5, 0.6) is 0 Å². The number of thiophene rings is 1. The van der Waals surface area contributed by atoms with Crippen molar-refractivity contribution in [1.82, 2.24) is 0 Å². The number of hydrogen-bond acceptors (Lipinski definition) is 2. The van der Waals surface area contributed by atoms with Crippen LogP contribution >= 0.6 is 11.3 Å². The van der Waals surface area contributed by atoms with Gasteiger partial charge in [0.1, 0.15) is 0 Å². The summed E-state index contributed by atoms with van der Waals surface area (Å²) in [7, 11) is 0. The molecule has 1 heterocycles. The predicted molar refractivity (Wildman–Crippen MR) is 76.6 cm³/mol. The third kappa shape index (κ3) is 5.69. The van der Waals surface area contributed by atoms with Crippen molar-refractivity contribution >= 4 is 11.3 Å². The van der Waals surface area contributed by atoms with Crippen molar-refractivity contribution in [3.63, 3.8) is 0 Å². The van der Waals surface area contributed by atoms with E-state index in [1.807, 2.05) is 0 Å². The highest BCUT2D eigenvalue weighted by Gasteiger charge is 2.10. The first kappa shape index (κ1) is 14.7. The summed E-state index contributed by atoms with van der Waals surface area (Å²) < 4.78 is 0. The summed E-state index contributed by atoms with van der Waals surface area (Å²) in [6.45, 7) is 4.33. The average molecular weight is 254 g/mol. The second-order valence-corrected chi connectivity index (χ2v) is 5.68. The third-order valence-electron chi connectivity index (χ3n) is 3.34. The molecule has 1 aromatic heterocycles. The van der Waals surface area contributed by atoms with Crippen molar-refractivity contribution < 1.29 is 5.11 Å². The van der Waals surface area contributed by atoms with Crippen molar-refractivity contribution in [2.75, 3.05) is 0 Å². The molecule has 1 N–H and O–H groups in total. The maximum absolute atomic E-state index is 10.0. The Morgan fingerprint density at radius 1 is 1.06 bits per heavy atom. The second kappa shape index (κ2) is 8.71. The zero-order valence-corrected chi connectivity index (χ0v) is 12.1. The molecule has 0 aliphatic rings. The van der Waals surface area contributed by atoms with Gasteiger partial charge in [0.15, 0.2) is 0 Å². The molecular weight excluding hydrogens is 228 g/mol. The van der Waals surface area contributed by atoms with E-state index in [1.54, 1.807) is 11.3 Å². The first-order chi connectivity index (χ1) is 8.25. The first-order valence-corrected chi connectivity index (χ1v) is 7.90. The summed E-state index contributed by atoms with van der Waals surface area (Å²) in [5, 5.41) is 14.2. The lowest BCUT2D eigenvalue weighted by Crippen LogP contribution is -1.97. The van der Waals surface area contributed by atoms with Gasteiger partial charge >= 0.3 is 0 Å². The quantitative estimate of drug-likeness (QED) is 0.598. The number of unbranched alkanes of at least 4 members (excludes halogenated alkanes) is 6. The molecule has 0 bridgehead atoms. The Morgan fingerprint density at radius 2 is 1.71 bits per heavy atom. The Morgan fingerprint density at radius 3 is 2.29 bits per heavy atom. The molecule has 0 radical (unpaired) electrons. The molecule has 0 aliphatic carbocycles. The molecule has 1 aromatic rings. The van der Waals surface area contributed by atoms with Gasteiger partial charge < -0.3 is 5.11 Å². The van der Waals surface area contributed by atoms with Crippen LogP contribution in [-0.4, -0.2) is 5.11 Å². The fourth-order valence-electron chi connectivity index (χ4n) is 2.16. The van der Waals surface area contributed by atoms with Crippen LogP contribution in [0.25, 0.3) is 0 Å². The fourth-order valence-corrected chi connectivity index (χ4v) is 3.06. The minimum atomic E-state index is -0.239. The average Bonchev–Trinajstić information content (AvgIpc) is 2.74. The Labute approximate surface area is 110 Å². The largest absolute Gasteiger partial charge is 0.388 e. The maximum atomic E-state index is 10.0. The van der Waals surface area contributed by atoms with Crippen molar-refractivity contribution in [2.24, 2.45) is 0 Å². The lowest BCUT2D eigenvalue weighted by atomic mass is 10.0. The molecule has 1 atom stereocenters. The lowest BCUT2D eigenvalue weighted by molar-refractivity contribution is 0.163. The van der Waals surface area contributed by atoms with Crippen molar-refractivity contribution in [3.8, 4) is 0 Å². The maximum Gasteiger partial charge on any atom is 0.0800 e. The summed E-state index contributed by atoms with van der Waals surface area (Å²) in [5.74, 6) is 0. The summed E-state index contributed by atoms with van der Waals surface area (Å²) in [6.07, 6.45) is 9.86. The molecule has 1 unspecified atom stereocenters. The standard InChI is InChI=1S/C15H26OS/c1-3-4-5-6-7-8-9-10-15(16)14-12-17-11-13(14)2/h11-12,15-16H,3-10H2,1-2H3. The van der Waals surface area contributed by atoms with Crippen LogP contribution in [0.3, 0.4) is 0 Å². The van der Waals surface area contributed by atoms with E-state index in [4.69, 9.17) is 0 Å². The van der Waals surface area contributed by atoms with Gasteiger partial charge in [-0.2, -0.15) is 11.3 Å². The van der Waals surface area contributed by atoms with Gasteiger partial charge in [0.05, 0.1) is 6.10 Å². The fraction of sp³-hybridized carbons (Fsp3) is 0.733. The Hall–Kier alpha value is -0.340. The van der Waals surface area contributed by atoms with Crippen molar-refractivity contribution in [3.05, 3.63) is 21.9 Å². The monoisotopic (exact) mass is 254 g/mol. The van der Waals surface area contributed by atoms with E-state index in [0.29, 0.717) is 0 Å². The lowest BCUT2D eigenvalue weighted by Gasteiger charge is -2.10. The molecule has 0 aromatic carbocycles. The number of aliphatic hydroxyl groups is 1. The molecule has 0 saturated carbocycles. The summed E-state index contributed by atoms with van der Waals surface area (Å²) >= 11 is 1.69. The molecular formula is C15H26OS. The Balaban J connectivity index is 2.05. The summed E-state index contributed by atoms with van der Waals surface area (Å²) in [6, 6.07) is 0. The molecule has 98 valence electrons. The minimum Gasteiger partial charge on any atom is -0.388 e. The molecule has 0 fully saturated rings. The van der Waals surface area contributed by atoms with Crippen LogP contribution < -0.4 is 0 Å². The van der Waals surface area contributed by atoms with Gasteiger partial charge in [-0.25, -0.2) is 0 Å². The smallest absolute Gasteiger partial charge is 0.0800 e. The number of aliphatic hydroxyl groups excluding tert-OH is 1. The highest BCUT2D eigenvalue weighted by Crippen LogP contribution is 2.25. The molecule has 1 nitrogen and oxygen atoms in total. The van der Waals surface area contributed by atoms with Crippen LogP contribution in [0.15, 0.2) is 10.8 Å². The highest BCUT2D eigenvalue weighted by atomic mass is 32.1. The van der Waals surface area contributed by atoms with E-state index >= 15 is 0 Å². The van der Waals surface area contributed by atoms with Crippen LogP contribution in [0.1, 0.15) is 75.5 Å². The Bertz CT molecular complexity index is 293. The molecule has 17 heavy (non-hydrogen) atoms. The predicted octanol–water partition coefficient (Wildman–Crippen LogP) is 5.23. The van der Waals surface area contributed by atoms with Crippen LogP contribution in [-0.2, 0) is 0 Å². The second-order valence-electron chi connectivity index (χ2n) is 4.94. The zero-order chi connectivity index (χ0) is 12.5. The van der Waals surface area contributed by atoms with Crippen LogP contribution in [0.4, 0.5) is 0 Å². The van der Waals surface area contributed by atoms with E-state index in [1.165, 1.54) is 44.1 Å². The molecule has 1 rings (SSSR count).